The van der Waals surface area contributed by atoms with Crippen LogP contribution < -0.4 is 21.8 Å². The van der Waals surface area contributed by atoms with Crippen molar-refractivity contribution in [3.63, 3.8) is 0 Å². The Balaban J connectivity index is 1.96. The van der Waals surface area contributed by atoms with Crippen molar-refractivity contribution in [2.45, 2.75) is 15.8 Å². The van der Waals surface area contributed by atoms with E-state index in [1.807, 2.05) is 0 Å². The molecule has 1 aromatic heterocycles. The van der Waals surface area contributed by atoms with Gasteiger partial charge in [0.25, 0.3) is 20.2 Å². The lowest BCUT2D eigenvalue weighted by Crippen LogP contribution is -2.28. The summed E-state index contributed by atoms with van der Waals surface area (Å²) in [6, 6.07) is 7.16. The molecular formula is C18H23N7O8S3. The van der Waals surface area contributed by atoms with Crippen LogP contribution in [-0.4, -0.2) is 64.0 Å². The van der Waals surface area contributed by atoms with Gasteiger partial charge in [0.2, 0.25) is 17.1 Å². The minimum Gasteiger partial charge on any atom is -0.370 e. The number of hydroxylamine groups is 1. The van der Waals surface area contributed by atoms with Crippen LogP contribution in [0.5, 0.6) is 0 Å². The van der Waals surface area contributed by atoms with E-state index in [0.717, 1.165) is 19.2 Å². The highest BCUT2D eigenvalue weighted by atomic mass is 32.2. The largest absolute Gasteiger partial charge is 0.370 e. The maximum atomic E-state index is 12.6. The van der Waals surface area contributed by atoms with E-state index in [0.29, 0.717) is 6.73 Å². The van der Waals surface area contributed by atoms with Gasteiger partial charge in [0.05, 0.1) is 32.6 Å². The van der Waals surface area contributed by atoms with Crippen LogP contribution in [0.3, 0.4) is 0 Å². The van der Waals surface area contributed by atoms with Crippen molar-refractivity contribution >= 4 is 60.6 Å². The van der Waals surface area contributed by atoms with E-state index in [9.17, 15) is 21.4 Å². The smallest absolute Gasteiger partial charge is 0.297 e. The fourth-order valence-corrected chi connectivity index (χ4v) is 4.99. The molecule has 0 atom stereocenters. The standard InChI is InChI=1S/C18H23N7O8S3/c1-31-10-20-9-21-33-34-18-24-16(19)23-17(25-18)22-12-6-14-11(8-35(26,27)28)4-3-5-13(14)15(7-12)36(29,30)32-2/h3-7,20-21H,8-10H2,1-2H3,(H,26,27,28)(H3,19,22,23,24,25). The Morgan fingerprint density at radius 2 is 1.86 bits per heavy atom. The fourth-order valence-electron chi connectivity index (χ4n) is 3.00. The number of aromatic nitrogens is 3. The normalized spacial score (nSPS) is 12.2. The van der Waals surface area contributed by atoms with E-state index in [4.69, 9.17) is 14.8 Å². The van der Waals surface area contributed by atoms with Gasteiger partial charge in [0, 0.05) is 18.2 Å². The Morgan fingerprint density at radius 1 is 1.08 bits per heavy atom. The van der Waals surface area contributed by atoms with Gasteiger partial charge in [-0.1, -0.05) is 18.2 Å². The first-order valence-corrected chi connectivity index (χ1v) is 13.6. The second kappa shape index (κ2) is 12.0. The molecule has 0 radical (unpaired) electrons. The lowest BCUT2D eigenvalue weighted by atomic mass is 10.0. The minimum absolute atomic E-state index is 0.0431. The monoisotopic (exact) mass is 561 g/mol. The highest BCUT2D eigenvalue weighted by Crippen LogP contribution is 2.32. The van der Waals surface area contributed by atoms with Crippen molar-refractivity contribution in [3.8, 4) is 0 Å². The van der Waals surface area contributed by atoms with Crippen LogP contribution >= 0.6 is 12.0 Å². The topological polar surface area (TPSA) is 217 Å². The molecule has 36 heavy (non-hydrogen) atoms. The van der Waals surface area contributed by atoms with Gasteiger partial charge in [0.1, 0.15) is 10.6 Å². The Morgan fingerprint density at radius 3 is 2.56 bits per heavy atom. The van der Waals surface area contributed by atoms with Crippen molar-refractivity contribution in [1.29, 1.82) is 0 Å². The van der Waals surface area contributed by atoms with Gasteiger partial charge in [0.15, 0.2) is 0 Å². The predicted molar refractivity (Wildman–Crippen MR) is 131 cm³/mol. The molecule has 1 heterocycles. The molecule has 3 rings (SSSR count). The number of benzene rings is 2. The van der Waals surface area contributed by atoms with E-state index >= 15 is 0 Å². The number of methoxy groups -OCH3 is 1. The number of fused-ring (bicyclic) bond motifs is 1. The summed E-state index contributed by atoms with van der Waals surface area (Å²) in [6.45, 7) is 0.582. The number of ether oxygens (including phenoxy) is 1. The van der Waals surface area contributed by atoms with Gasteiger partial charge in [-0.25, -0.2) is 4.28 Å². The molecule has 15 nitrogen and oxygen atoms in total. The van der Waals surface area contributed by atoms with Crippen LogP contribution in [0.1, 0.15) is 5.56 Å². The van der Waals surface area contributed by atoms with Crippen molar-refractivity contribution < 1.29 is 34.6 Å². The summed E-state index contributed by atoms with van der Waals surface area (Å²) < 4.78 is 72.3. The number of nitrogen functional groups attached to an aromatic ring is 1. The van der Waals surface area contributed by atoms with E-state index in [2.05, 4.69) is 35.2 Å². The first-order valence-electron chi connectivity index (χ1n) is 9.88. The Labute approximate surface area is 211 Å². The van der Waals surface area contributed by atoms with Gasteiger partial charge in [-0.3, -0.25) is 14.1 Å². The van der Waals surface area contributed by atoms with E-state index in [-0.39, 0.29) is 50.6 Å². The second-order valence-corrected chi connectivity index (χ2v) is 10.8. The maximum absolute atomic E-state index is 12.6. The molecule has 0 unspecified atom stereocenters. The molecule has 0 aliphatic carbocycles. The summed E-state index contributed by atoms with van der Waals surface area (Å²) >= 11 is 0.755. The summed E-state index contributed by atoms with van der Waals surface area (Å²) in [5.74, 6) is -0.921. The number of hydrogen-bond donors (Lipinski definition) is 5. The van der Waals surface area contributed by atoms with Gasteiger partial charge >= 0.3 is 0 Å². The molecule has 0 saturated heterocycles. The quantitative estimate of drug-likeness (QED) is 0.0485. The SMILES string of the molecule is COCNCNOSc1nc(N)nc(Nc2cc(S(=O)(=O)OC)c3cccc(CS(=O)(=O)O)c3c2)n1. The minimum atomic E-state index is -4.41. The zero-order valence-electron chi connectivity index (χ0n) is 19.0. The number of nitrogens with one attached hydrogen (secondary N) is 3. The van der Waals surface area contributed by atoms with Gasteiger partial charge in [-0.15, -0.1) is 0 Å². The number of nitrogens with zero attached hydrogens (tertiary/aromatic N) is 3. The summed E-state index contributed by atoms with van der Waals surface area (Å²) in [5, 5.41) is 6.20. The molecule has 0 aliphatic rings. The highest BCUT2D eigenvalue weighted by molar-refractivity contribution is 7.94. The van der Waals surface area contributed by atoms with E-state index < -0.39 is 26.0 Å². The van der Waals surface area contributed by atoms with E-state index in [1.54, 1.807) is 0 Å². The third-order valence-electron chi connectivity index (χ3n) is 4.38. The molecular weight excluding hydrogens is 538 g/mol. The summed E-state index contributed by atoms with van der Waals surface area (Å²) in [7, 11) is -6.09. The third-order valence-corrected chi connectivity index (χ3v) is 6.91. The molecule has 6 N–H and O–H groups in total. The van der Waals surface area contributed by atoms with Crippen molar-refractivity contribution in [1.82, 2.24) is 25.7 Å². The number of nitrogens with two attached hydrogens (primary N) is 1. The van der Waals surface area contributed by atoms with Crippen molar-refractivity contribution in [2.24, 2.45) is 0 Å². The average Bonchev–Trinajstić information content (AvgIpc) is 2.80. The van der Waals surface area contributed by atoms with Crippen LogP contribution in [0.4, 0.5) is 17.6 Å². The first kappa shape index (κ1) is 27.9. The summed E-state index contributed by atoms with van der Waals surface area (Å²) in [6.07, 6.45) is 0. The lowest BCUT2D eigenvalue weighted by molar-refractivity contribution is 0.148. The Hall–Kier alpha value is -2.68. The van der Waals surface area contributed by atoms with Gasteiger partial charge in [-0.05, 0) is 23.1 Å². The van der Waals surface area contributed by atoms with Gasteiger partial charge < -0.3 is 15.8 Å². The van der Waals surface area contributed by atoms with E-state index in [1.165, 1.54) is 37.4 Å². The summed E-state index contributed by atoms with van der Waals surface area (Å²) in [5.41, 5.74) is 8.69. The van der Waals surface area contributed by atoms with Gasteiger partial charge in [-0.2, -0.15) is 37.3 Å². The molecule has 0 fully saturated rings. The van der Waals surface area contributed by atoms with Crippen LogP contribution in [-0.2, 0) is 39.2 Å². The van der Waals surface area contributed by atoms with Crippen LogP contribution in [0, 0.1) is 0 Å². The predicted octanol–water partition coefficient (Wildman–Crippen LogP) is 0.753. The molecule has 0 aliphatic heterocycles. The average molecular weight is 562 g/mol. The number of anilines is 3. The molecule has 0 amide bonds. The zero-order valence-corrected chi connectivity index (χ0v) is 21.4. The molecule has 2 aromatic carbocycles. The third kappa shape index (κ3) is 7.66. The van der Waals surface area contributed by atoms with Crippen molar-refractivity contribution in [2.75, 3.05) is 38.7 Å². The molecule has 3 aromatic rings. The van der Waals surface area contributed by atoms with Crippen molar-refractivity contribution in [3.05, 3.63) is 35.9 Å². The highest BCUT2D eigenvalue weighted by Gasteiger charge is 2.21. The zero-order chi connectivity index (χ0) is 26.3. The fraction of sp³-hybridized carbons (Fsp3) is 0.278. The lowest BCUT2D eigenvalue weighted by Gasteiger charge is -2.14. The Kier molecular flexibility index (Phi) is 9.33. The second-order valence-electron chi connectivity index (χ2n) is 6.93. The van der Waals surface area contributed by atoms with Crippen LogP contribution in [0.25, 0.3) is 10.8 Å². The number of hydrogen-bond acceptors (Lipinski definition) is 15. The maximum Gasteiger partial charge on any atom is 0.297 e. The van der Waals surface area contributed by atoms with Crippen LogP contribution in [0.15, 0.2) is 40.4 Å². The molecule has 0 spiro atoms. The molecule has 0 saturated carbocycles. The number of rotatable bonds is 13. The van der Waals surface area contributed by atoms with Crippen LogP contribution in [0.2, 0.25) is 0 Å². The summed E-state index contributed by atoms with van der Waals surface area (Å²) in [4.78, 5) is 11.8. The Bertz CT molecular complexity index is 1440. The molecule has 196 valence electrons. The first-order chi connectivity index (χ1) is 17.0. The molecule has 18 heteroatoms. The molecule has 0 bridgehead atoms.